The van der Waals surface area contributed by atoms with Gasteiger partial charge in [0.25, 0.3) is 0 Å². The van der Waals surface area contributed by atoms with Gasteiger partial charge in [0, 0.05) is 19.2 Å². The van der Waals surface area contributed by atoms with E-state index in [4.69, 9.17) is 14.7 Å². The molecule has 0 unspecified atom stereocenters. The van der Waals surface area contributed by atoms with Gasteiger partial charge in [-0.25, -0.2) is 18.7 Å². The molecule has 4 rings (SSSR count). The van der Waals surface area contributed by atoms with E-state index in [1.54, 1.807) is 25.1 Å². The van der Waals surface area contributed by atoms with Crippen LogP contribution in [-0.2, 0) is 16.0 Å². The molecule has 2 fully saturated rings. The highest BCUT2D eigenvalue weighted by Crippen LogP contribution is 2.30. The topological polar surface area (TPSA) is 114 Å². The van der Waals surface area contributed by atoms with Crippen LogP contribution in [0.4, 0.5) is 20.6 Å². The molecule has 33 heavy (non-hydrogen) atoms. The second-order valence-corrected chi connectivity index (χ2v) is 7.69. The Morgan fingerprint density at radius 1 is 1.39 bits per heavy atom. The summed E-state index contributed by atoms with van der Waals surface area (Å²) in [5, 5.41) is 16.4. The largest absolute Gasteiger partial charge is 0.461 e. The van der Waals surface area contributed by atoms with Crippen LogP contribution in [0.5, 0.6) is 0 Å². The van der Waals surface area contributed by atoms with Crippen molar-refractivity contribution in [2.24, 2.45) is 0 Å². The number of anilines is 2. The van der Waals surface area contributed by atoms with Gasteiger partial charge in [-0.3, -0.25) is 4.90 Å². The molecule has 2 aliphatic rings. The molecule has 1 aromatic carbocycles. The lowest BCUT2D eigenvalue weighted by atomic mass is 10.0. The summed E-state index contributed by atoms with van der Waals surface area (Å²) in [5.74, 6) is -0.994. The maximum absolute atomic E-state index is 14.9. The minimum atomic E-state index is -0.603. The molecule has 2 saturated heterocycles. The first-order valence-electron chi connectivity index (χ1n) is 10.7. The summed E-state index contributed by atoms with van der Waals surface area (Å²) in [6, 6.07) is 6.70. The third-order valence-electron chi connectivity index (χ3n) is 5.61. The summed E-state index contributed by atoms with van der Waals surface area (Å²) in [6.45, 7) is 3.44. The third-order valence-corrected chi connectivity index (χ3v) is 5.61. The third kappa shape index (κ3) is 4.79. The average Bonchev–Trinajstić information content (AvgIpc) is 3.41. The Labute approximate surface area is 189 Å². The van der Waals surface area contributed by atoms with Crippen LogP contribution >= 0.6 is 0 Å². The quantitative estimate of drug-likeness (QED) is 0.484. The van der Waals surface area contributed by atoms with E-state index in [2.05, 4.69) is 10.3 Å². The van der Waals surface area contributed by atoms with Gasteiger partial charge in [0.1, 0.15) is 11.9 Å². The van der Waals surface area contributed by atoms with Crippen molar-refractivity contribution in [3.05, 3.63) is 47.6 Å². The molecule has 10 nitrogen and oxygen atoms in total. The second-order valence-electron chi connectivity index (χ2n) is 7.69. The summed E-state index contributed by atoms with van der Waals surface area (Å²) in [4.78, 5) is 27.7. The standard InChI is InChI=1S/C22H23FN6O4/c1-2-32-21(30)20-12-25-26-29(20)14-17-13-28(22(31)33-17)16-3-4-19(18(23)11-16)27-9-6-15(5-8-24)7-10-27/h3-5,11-12,17H,2,6-7,9-10,13-14H2,1H3/t17-/m1/s1. The van der Waals surface area contributed by atoms with E-state index >= 15 is 0 Å². The Morgan fingerprint density at radius 2 is 2.18 bits per heavy atom. The number of halogens is 1. The molecule has 0 aliphatic carbocycles. The van der Waals surface area contributed by atoms with Crippen LogP contribution in [0.1, 0.15) is 30.3 Å². The van der Waals surface area contributed by atoms with Crippen LogP contribution in [0.2, 0.25) is 0 Å². The SMILES string of the molecule is CCOC(=O)c1cnnn1C[C@H]1CN(c2ccc(N3CCC(=CC#N)CC3)c(F)c2)C(=O)O1. The number of carbonyl (C=O) groups is 2. The summed E-state index contributed by atoms with van der Waals surface area (Å²) in [5.41, 5.74) is 2.07. The number of cyclic esters (lactones) is 1. The van der Waals surface area contributed by atoms with Crippen molar-refractivity contribution in [2.75, 3.05) is 36.0 Å². The van der Waals surface area contributed by atoms with E-state index in [1.165, 1.54) is 21.8 Å². The van der Waals surface area contributed by atoms with Gasteiger partial charge in [0.05, 0.1) is 43.3 Å². The van der Waals surface area contributed by atoms with Crippen molar-refractivity contribution in [2.45, 2.75) is 32.4 Å². The van der Waals surface area contributed by atoms with E-state index in [-0.39, 0.29) is 25.4 Å². The summed E-state index contributed by atoms with van der Waals surface area (Å²) in [7, 11) is 0. The highest BCUT2D eigenvalue weighted by Gasteiger charge is 2.34. The fourth-order valence-electron chi connectivity index (χ4n) is 3.97. The number of carbonyl (C=O) groups excluding carboxylic acids is 2. The van der Waals surface area contributed by atoms with Crippen LogP contribution in [-0.4, -0.2) is 59.4 Å². The van der Waals surface area contributed by atoms with Crippen molar-refractivity contribution in [1.29, 1.82) is 5.26 Å². The molecule has 2 aromatic rings. The van der Waals surface area contributed by atoms with E-state index in [1.807, 2.05) is 11.0 Å². The van der Waals surface area contributed by atoms with Crippen LogP contribution in [0.25, 0.3) is 0 Å². The fraction of sp³-hybridized carbons (Fsp3) is 0.409. The van der Waals surface area contributed by atoms with Crippen LogP contribution in [0.3, 0.4) is 0 Å². The molecule has 1 atom stereocenters. The van der Waals surface area contributed by atoms with Gasteiger partial charge in [0.15, 0.2) is 5.69 Å². The number of allylic oxidation sites excluding steroid dienone is 1. The van der Waals surface area contributed by atoms with Crippen LogP contribution < -0.4 is 9.80 Å². The maximum atomic E-state index is 14.9. The molecule has 0 radical (unpaired) electrons. The van der Waals surface area contributed by atoms with Gasteiger partial charge in [-0.1, -0.05) is 10.8 Å². The molecule has 0 spiro atoms. The summed E-state index contributed by atoms with van der Waals surface area (Å²) < 4.78 is 26.6. The predicted octanol–water partition coefficient (Wildman–Crippen LogP) is 2.67. The van der Waals surface area contributed by atoms with Gasteiger partial charge >= 0.3 is 12.1 Å². The van der Waals surface area contributed by atoms with Crippen molar-refractivity contribution in [1.82, 2.24) is 15.0 Å². The highest BCUT2D eigenvalue weighted by atomic mass is 19.1. The number of nitriles is 1. The molecular weight excluding hydrogens is 431 g/mol. The average molecular weight is 454 g/mol. The van der Waals surface area contributed by atoms with E-state index in [0.29, 0.717) is 37.3 Å². The first-order chi connectivity index (χ1) is 16.0. The number of amides is 1. The lowest BCUT2D eigenvalue weighted by Gasteiger charge is -2.30. The first-order valence-corrected chi connectivity index (χ1v) is 10.7. The lowest BCUT2D eigenvalue weighted by molar-refractivity contribution is 0.0507. The number of nitrogens with zero attached hydrogens (tertiary/aromatic N) is 6. The number of aromatic nitrogens is 3. The number of esters is 1. The molecule has 3 heterocycles. The number of hydrogen-bond acceptors (Lipinski definition) is 8. The van der Waals surface area contributed by atoms with Crippen LogP contribution in [0.15, 0.2) is 36.0 Å². The van der Waals surface area contributed by atoms with E-state index in [0.717, 1.165) is 5.57 Å². The number of rotatable bonds is 6. The fourth-order valence-corrected chi connectivity index (χ4v) is 3.97. The Kier molecular flexibility index (Phi) is 6.53. The van der Waals surface area contributed by atoms with E-state index < -0.39 is 24.0 Å². The molecule has 0 saturated carbocycles. The van der Waals surface area contributed by atoms with Crippen molar-refractivity contribution in [3.63, 3.8) is 0 Å². The van der Waals surface area contributed by atoms with Crippen molar-refractivity contribution >= 4 is 23.4 Å². The number of ether oxygens (including phenoxy) is 2. The Morgan fingerprint density at radius 3 is 2.88 bits per heavy atom. The molecule has 0 bridgehead atoms. The molecule has 1 aromatic heterocycles. The predicted molar refractivity (Wildman–Crippen MR) is 115 cm³/mol. The van der Waals surface area contributed by atoms with Crippen LogP contribution in [0, 0.1) is 17.1 Å². The summed E-state index contributed by atoms with van der Waals surface area (Å²) in [6.07, 6.45) is 3.08. The van der Waals surface area contributed by atoms with Crippen molar-refractivity contribution in [3.8, 4) is 6.07 Å². The Balaban J connectivity index is 1.42. The van der Waals surface area contributed by atoms with E-state index in [9.17, 15) is 14.0 Å². The smallest absolute Gasteiger partial charge is 0.414 e. The van der Waals surface area contributed by atoms with Gasteiger partial charge < -0.3 is 14.4 Å². The number of benzene rings is 1. The lowest BCUT2D eigenvalue weighted by Crippen LogP contribution is -2.31. The zero-order chi connectivity index (χ0) is 23.4. The zero-order valence-corrected chi connectivity index (χ0v) is 18.1. The second kappa shape index (κ2) is 9.68. The Hall–Kier alpha value is -3.94. The molecule has 0 N–H and O–H groups in total. The molecule has 172 valence electrons. The normalized spacial score (nSPS) is 18.2. The number of hydrogen-bond donors (Lipinski definition) is 0. The van der Waals surface area contributed by atoms with Crippen molar-refractivity contribution < 1.29 is 23.5 Å². The molecule has 1 amide bonds. The molecular formula is C22H23FN6O4. The molecule has 11 heteroatoms. The molecule has 2 aliphatic heterocycles. The van der Waals surface area contributed by atoms with Gasteiger partial charge in [-0.05, 0) is 38.0 Å². The van der Waals surface area contributed by atoms with Gasteiger partial charge in [-0.2, -0.15) is 5.26 Å². The first kappa shape index (κ1) is 22.3. The minimum absolute atomic E-state index is 0.114. The Bertz CT molecular complexity index is 1110. The summed E-state index contributed by atoms with van der Waals surface area (Å²) >= 11 is 0. The highest BCUT2D eigenvalue weighted by molar-refractivity contribution is 5.90. The van der Waals surface area contributed by atoms with Gasteiger partial charge in [-0.15, -0.1) is 5.10 Å². The zero-order valence-electron chi connectivity index (χ0n) is 18.1. The number of piperidine rings is 1. The maximum Gasteiger partial charge on any atom is 0.414 e. The minimum Gasteiger partial charge on any atom is -0.461 e. The monoisotopic (exact) mass is 454 g/mol. The van der Waals surface area contributed by atoms with Gasteiger partial charge in [0.2, 0.25) is 0 Å².